The summed E-state index contributed by atoms with van der Waals surface area (Å²) in [6.45, 7) is 3.13. The summed E-state index contributed by atoms with van der Waals surface area (Å²) in [4.78, 5) is 4.14. The van der Waals surface area contributed by atoms with Crippen LogP contribution in [0.15, 0.2) is 12.3 Å². The van der Waals surface area contributed by atoms with Crippen molar-refractivity contribution in [1.82, 2.24) is 4.98 Å². The van der Waals surface area contributed by atoms with Gasteiger partial charge in [0.1, 0.15) is 5.82 Å². The van der Waals surface area contributed by atoms with Gasteiger partial charge in [-0.05, 0) is 24.8 Å². The van der Waals surface area contributed by atoms with E-state index in [0.29, 0.717) is 22.4 Å². The molecule has 0 amide bonds. The van der Waals surface area contributed by atoms with Gasteiger partial charge in [0.25, 0.3) is 0 Å². The van der Waals surface area contributed by atoms with Gasteiger partial charge >= 0.3 is 0 Å². The largest absolute Gasteiger partial charge is 0.396 e. The molecule has 1 aromatic rings. The Hall–Kier alpha value is -1.00. The van der Waals surface area contributed by atoms with Crippen molar-refractivity contribution < 1.29 is 5.11 Å². The van der Waals surface area contributed by atoms with Crippen LogP contribution in [-0.2, 0) is 0 Å². The zero-order valence-corrected chi connectivity index (χ0v) is 10.9. The zero-order chi connectivity index (χ0) is 12.7. The standard InChI is InChI=1S/C12H20ClN3O/c1-2-3-9(4-5-17)7-15-12-11(14)6-10(13)8-16-12/h6,8-9,17H,2-5,7,14H2,1H3,(H,15,16). The molecule has 5 heteroatoms. The lowest BCUT2D eigenvalue weighted by molar-refractivity contribution is 0.255. The minimum absolute atomic E-state index is 0.218. The van der Waals surface area contributed by atoms with Gasteiger partial charge in [0, 0.05) is 19.3 Å². The Kier molecular flexibility index (Phi) is 6.08. The number of nitrogens with one attached hydrogen (secondary N) is 1. The second-order valence-electron chi connectivity index (χ2n) is 4.14. The summed E-state index contributed by atoms with van der Waals surface area (Å²) in [5.74, 6) is 1.11. The fourth-order valence-corrected chi connectivity index (χ4v) is 1.95. The van der Waals surface area contributed by atoms with E-state index >= 15 is 0 Å². The van der Waals surface area contributed by atoms with E-state index in [2.05, 4.69) is 17.2 Å². The van der Waals surface area contributed by atoms with Crippen LogP contribution in [0.1, 0.15) is 26.2 Å². The highest BCUT2D eigenvalue weighted by Crippen LogP contribution is 2.20. The number of nitrogens with zero attached hydrogens (tertiary/aromatic N) is 1. The number of rotatable bonds is 7. The molecule has 4 N–H and O–H groups in total. The van der Waals surface area contributed by atoms with Gasteiger partial charge in [-0.25, -0.2) is 4.98 Å². The van der Waals surface area contributed by atoms with Gasteiger partial charge in [-0.2, -0.15) is 0 Å². The number of hydrogen-bond acceptors (Lipinski definition) is 4. The molecule has 1 aromatic heterocycles. The highest BCUT2D eigenvalue weighted by Gasteiger charge is 2.08. The molecule has 4 nitrogen and oxygen atoms in total. The maximum absolute atomic E-state index is 8.97. The lowest BCUT2D eigenvalue weighted by Crippen LogP contribution is -2.17. The molecule has 1 heterocycles. The molecule has 96 valence electrons. The number of aliphatic hydroxyl groups is 1. The molecule has 0 bridgehead atoms. The van der Waals surface area contributed by atoms with Crippen LogP contribution < -0.4 is 11.1 Å². The van der Waals surface area contributed by atoms with Gasteiger partial charge in [-0.1, -0.05) is 24.9 Å². The van der Waals surface area contributed by atoms with Crippen LogP contribution in [0.4, 0.5) is 11.5 Å². The van der Waals surface area contributed by atoms with Crippen LogP contribution in [0.25, 0.3) is 0 Å². The molecule has 1 atom stereocenters. The maximum Gasteiger partial charge on any atom is 0.149 e. The Labute approximate surface area is 107 Å². The van der Waals surface area contributed by atoms with E-state index in [9.17, 15) is 0 Å². The van der Waals surface area contributed by atoms with E-state index in [1.54, 1.807) is 12.3 Å². The summed E-state index contributed by atoms with van der Waals surface area (Å²) in [5.41, 5.74) is 6.35. The monoisotopic (exact) mass is 257 g/mol. The molecule has 0 saturated heterocycles. The van der Waals surface area contributed by atoms with Crippen LogP contribution in [-0.4, -0.2) is 23.2 Å². The molecule has 1 rings (SSSR count). The Morgan fingerprint density at radius 2 is 2.29 bits per heavy atom. The van der Waals surface area contributed by atoms with Gasteiger partial charge in [0.05, 0.1) is 10.7 Å². The molecule has 0 fully saturated rings. The number of hydrogen-bond donors (Lipinski definition) is 3. The van der Waals surface area contributed by atoms with E-state index in [0.717, 1.165) is 25.8 Å². The third-order valence-electron chi connectivity index (χ3n) is 2.68. The van der Waals surface area contributed by atoms with Gasteiger partial charge < -0.3 is 16.2 Å². The first-order chi connectivity index (χ1) is 8.17. The van der Waals surface area contributed by atoms with E-state index in [1.807, 2.05) is 0 Å². The van der Waals surface area contributed by atoms with Crippen LogP contribution >= 0.6 is 11.6 Å². The Morgan fingerprint density at radius 1 is 1.53 bits per heavy atom. The average molecular weight is 258 g/mol. The number of anilines is 2. The molecule has 0 spiro atoms. The summed E-state index contributed by atoms with van der Waals surface area (Å²) in [5, 5.41) is 12.7. The first-order valence-corrected chi connectivity index (χ1v) is 6.31. The summed E-state index contributed by atoms with van der Waals surface area (Å²) in [6, 6.07) is 1.68. The van der Waals surface area contributed by atoms with Crippen molar-refractivity contribution >= 4 is 23.1 Å². The Balaban J connectivity index is 2.52. The number of aromatic nitrogens is 1. The van der Waals surface area contributed by atoms with Gasteiger partial charge in [-0.15, -0.1) is 0 Å². The quantitative estimate of drug-likeness (QED) is 0.702. The summed E-state index contributed by atoms with van der Waals surface area (Å²) < 4.78 is 0. The molecule has 0 saturated carbocycles. The van der Waals surface area contributed by atoms with Crippen molar-refractivity contribution in [2.75, 3.05) is 24.2 Å². The number of pyridine rings is 1. The molecule has 17 heavy (non-hydrogen) atoms. The fourth-order valence-electron chi connectivity index (χ4n) is 1.78. The van der Waals surface area contributed by atoms with E-state index < -0.39 is 0 Å². The average Bonchev–Trinajstić information content (AvgIpc) is 2.28. The van der Waals surface area contributed by atoms with Crippen molar-refractivity contribution in [1.29, 1.82) is 0 Å². The minimum atomic E-state index is 0.218. The third-order valence-corrected chi connectivity index (χ3v) is 2.88. The third kappa shape index (κ3) is 4.79. The van der Waals surface area contributed by atoms with Crippen molar-refractivity contribution in [3.05, 3.63) is 17.3 Å². The molecule has 0 aliphatic heterocycles. The molecule has 0 radical (unpaired) electrons. The molecular formula is C12H20ClN3O. The van der Waals surface area contributed by atoms with Crippen LogP contribution in [0.3, 0.4) is 0 Å². The summed E-state index contributed by atoms with van der Waals surface area (Å²) in [7, 11) is 0. The number of aliphatic hydroxyl groups excluding tert-OH is 1. The molecule has 0 aromatic carbocycles. The highest BCUT2D eigenvalue weighted by molar-refractivity contribution is 6.30. The molecule has 1 unspecified atom stereocenters. The lowest BCUT2D eigenvalue weighted by Gasteiger charge is -2.16. The second-order valence-corrected chi connectivity index (χ2v) is 4.58. The normalized spacial score (nSPS) is 12.4. The van der Waals surface area contributed by atoms with Crippen molar-refractivity contribution in [3.8, 4) is 0 Å². The lowest BCUT2D eigenvalue weighted by atomic mass is 10.0. The van der Waals surface area contributed by atoms with Crippen molar-refractivity contribution in [2.45, 2.75) is 26.2 Å². The predicted molar refractivity (Wildman–Crippen MR) is 72.2 cm³/mol. The first-order valence-electron chi connectivity index (χ1n) is 5.93. The number of nitrogens with two attached hydrogens (primary N) is 1. The van der Waals surface area contributed by atoms with Gasteiger partial charge in [-0.3, -0.25) is 0 Å². The molecule has 0 aliphatic rings. The van der Waals surface area contributed by atoms with E-state index in [4.69, 9.17) is 22.4 Å². The molecular weight excluding hydrogens is 238 g/mol. The molecule has 0 aliphatic carbocycles. The minimum Gasteiger partial charge on any atom is -0.396 e. The SMILES string of the molecule is CCCC(CCO)CNc1ncc(Cl)cc1N. The van der Waals surface area contributed by atoms with Crippen molar-refractivity contribution in [3.63, 3.8) is 0 Å². The number of halogens is 1. The van der Waals surface area contributed by atoms with Gasteiger partial charge in [0.15, 0.2) is 0 Å². The Morgan fingerprint density at radius 3 is 2.88 bits per heavy atom. The smallest absolute Gasteiger partial charge is 0.149 e. The fraction of sp³-hybridized carbons (Fsp3) is 0.583. The first kappa shape index (κ1) is 14.1. The topological polar surface area (TPSA) is 71.2 Å². The van der Waals surface area contributed by atoms with Gasteiger partial charge in [0.2, 0.25) is 0 Å². The highest BCUT2D eigenvalue weighted by atomic mass is 35.5. The van der Waals surface area contributed by atoms with Crippen LogP contribution in [0.2, 0.25) is 5.02 Å². The summed E-state index contributed by atoms with van der Waals surface area (Å²) >= 11 is 5.78. The van der Waals surface area contributed by atoms with Crippen LogP contribution in [0.5, 0.6) is 0 Å². The van der Waals surface area contributed by atoms with Crippen LogP contribution in [0, 0.1) is 5.92 Å². The maximum atomic E-state index is 8.97. The second kappa shape index (κ2) is 7.35. The van der Waals surface area contributed by atoms with E-state index in [-0.39, 0.29) is 6.61 Å². The zero-order valence-electron chi connectivity index (χ0n) is 10.1. The summed E-state index contributed by atoms with van der Waals surface area (Å²) in [6.07, 6.45) is 4.56. The predicted octanol–water partition coefficient (Wildman–Crippen LogP) is 2.53. The Bertz CT molecular complexity index is 341. The number of nitrogen functional groups attached to an aromatic ring is 1. The van der Waals surface area contributed by atoms with Crippen molar-refractivity contribution in [2.24, 2.45) is 5.92 Å². The van der Waals surface area contributed by atoms with E-state index in [1.165, 1.54) is 0 Å².